The molecule has 0 aliphatic rings. The number of methoxy groups -OCH3 is 1. The highest BCUT2D eigenvalue weighted by atomic mass is 32.1. The van der Waals surface area contributed by atoms with Gasteiger partial charge < -0.3 is 9.47 Å². The number of carbonyl (C=O) groups excluding carboxylic acids is 1. The third kappa shape index (κ3) is 4.03. The van der Waals surface area contributed by atoms with E-state index in [9.17, 15) is 9.59 Å². The summed E-state index contributed by atoms with van der Waals surface area (Å²) in [7, 11) is 1.35. The predicted molar refractivity (Wildman–Crippen MR) is 127 cm³/mol. The summed E-state index contributed by atoms with van der Waals surface area (Å²) in [6.45, 7) is 6.78. The fourth-order valence-corrected chi connectivity index (χ4v) is 4.84. The molecule has 0 N–H and O–H groups in total. The molecule has 0 radical (unpaired) electrons. The van der Waals surface area contributed by atoms with E-state index in [4.69, 9.17) is 14.5 Å². The summed E-state index contributed by atoms with van der Waals surface area (Å²) in [5.41, 5.74) is 3.19. The van der Waals surface area contributed by atoms with E-state index in [-0.39, 0.29) is 11.5 Å². The SMILES string of the molecule is CCOc1ccc(-c2c(C)sc3nc(C)n(Cc4ccc(C(=O)OC)cc4)c(=O)c23)cc1. The standard InChI is InChI=1S/C25H24N2O4S/c1-5-31-20-12-10-18(11-13-20)21-15(2)32-23-22(21)24(28)27(16(3)26-23)14-17-6-8-19(9-7-17)25(29)30-4/h6-13H,5,14H2,1-4H3. The average molecular weight is 449 g/mol. The van der Waals surface area contributed by atoms with Crippen molar-refractivity contribution >= 4 is 27.5 Å². The van der Waals surface area contributed by atoms with Crippen LogP contribution in [0.25, 0.3) is 21.3 Å². The Morgan fingerprint density at radius 3 is 2.38 bits per heavy atom. The van der Waals surface area contributed by atoms with Crippen LogP contribution in [0.4, 0.5) is 0 Å². The van der Waals surface area contributed by atoms with Gasteiger partial charge in [0.2, 0.25) is 0 Å². The number of aromatic nitrogens is 2. The summed E-state index contributed by atoms with van der Waals surface area (Å²) in [5.74, 6) is 1.07. The lowest BCUT2D eigenvalue weighted by Gasteiger charge is -2.11. The Labute approximate surface area is 190 Å². The van der Waals surface area contributed by atoms with Crippen molar-refractivity contribution < 1.29 is 14.3 Å². The number of thiophene rings is 1. The summed E-state index contributed by atoms with van der Waals surface area (Å²) in [5, 5.41) is 0.633. The molecule has 0 aliphatic carbocycles. The molecule has 0 bridgehead atoms. The lowest BCUT2D eigenvalue weighted by molar-refractivity contribution is 0.0600. The summed E-state index contributed by atoms with van der Waals surface area (Å²) in [6, 6.07) is 14.9. The van der Waals surface area contributed by atoms with Crippen LogP contribution in [-0.4, -0.2) is 29.2 Å². The van der Waals surface area contributed by atoms with Gasteiger partial charge in [-0.15, -0.1) is 11.3 Å². The Balaban J connectivity index is 1.77. The van der Waals surface area contributed by atoms with Gasteiger partial charge in [0.15, 0.2) is 0 Å². The van der Waals surface area contributed by atoms with E-state index in [0.29, 0.717) is 29.9 Å². The van der Waals surface area contributed by atoms with E-state index in [2.05, 4.69) is 0 Å². The van der Waals surface area contributed by atoms with Crippen LogP contribution < -0.4 is 10.3 Å². The molecule has 4 aromatic rings. The van der Waals surface area contributed by atoms with E-state index < -0.39 is 0 Å². The van der Waals surface area contributed by atoms with Crippen molar-refractivity contribution in [1.82, 2.24) is 9.55 Å². The van der Waals surface area contributed by atoms with Crippen molar-refractivity contribution in [3.8, 4) is 16.9 Å². The van der Waals surface area contributed by atoms with Crippen LogP contribution in [0.5, 0.6) is 5.75 Å². The van der Waals surface area contributed by atoms with Crippen LogP contribution in [0.15, 0.2) is 53.3 Å². The van der Waals surface area contributed by atoms with Gasteiger partial charge in [0.05, 0.1) is 31.2 Å². The first-order chi connectivity index (χ1) is 15.4. The normalized spacial score (nSPS) is 11.0. The van der Waals surface area contributed by atoms with Gasteiger partial charge in [-0.05, 0) is 56.2 Å². The first-order valence-electron chi connectivity index (χ1n) is 10.3. The van der Waals surface area contributed by atoms with Crippen LogP contribution in [-0.2, 0) is 11.3 Å². The van der Waals surface area contributed by atoms with Gasteiger partial charge in [-0.1, -0.05) is 24.3 Å². The third-order valence-corrected chi connectivity index (χ3v) is 6.35. The summed E-state index contributed by atoms with van der Waals surface area (Å²) >= 11 is 1.53. The minimum atomic E-state index is -0.387. The largest absolute Gasteiger partial charge is 0.494 e. The van der Waals surface area contributed by atoms with Gasteiger partial charge in [0.1, 0.15) is 16.4 Å². The molecule has 0 atom stereocenters. The van der Waals surface area contributed by atoms with Gasteiger partial charge in [-0.25, -0.2) is 9.78 Å². The maximum Gasteiger partial charge on any atom is 0.337 e. The molecule has 0 saturated carbocycles. The van der Waals surface area contributed by atoms with Crippen molar-refractivity contribution in [2.24, 2.45) is 0 Å². The molecule has 2 aromatic heterocycles. The van der Waals surface area contributed by atoms with E-state index in [1.807, 2.05) is 57.2 Å². The zero-order valence-corrected chi connectivity index (χ0v) is 19.3. The van der Waals surface area contributed by atoms with Crippen LogP contribution in [0.2, 0.25) is 0 Å². The molecule has 0 fully saturated rings. The fourth-order valence-electron chi connectivity index (χ4n) is 3.76. The zero-order chi connectivity index (χ0) is 22.8. The molecule has 0 spiro atoms. The van der Waals surface area contributed by atoms with Crippen LogP contribution in [0.1, 0.15) is 33.5 Å². The Kier molecular flexibility index (Phi) is 6.10. The second-order valence-electron chi connectivity index (χ2n) is 7.41. The van der Waals surface area contributed by atoms with Crippen molar-refractivity contribution in [2.75, 3.05) is 13.7 Å². The molecular formula is C25H24N2O4S. The molecule has 2 aromatic carbocycles. The van der Waals surface area contributed by atoms with Crippen molar-refractivity contribution in [3.05, 3.63) is 80.7 Å². The number of esters is 1. The molecule has 4 rings (SSSR count). The number of fused-ring (bicyclic) bond motifs is 1. The van der Waals surface area contributed by atoms with Crippen LogP contribution in [0.3, 0.4) is 0 Å². The smallest absolute Gasteiger partial charge is 0.337 e. The van der Waals surface area contributed by atoms with Crippen LogP contribution >= 0.6 is 11.3 Å². The monoisotopic (exact) mass is 448 g/mol. The fraction of sp³-hybridized carbons (Fsp3) is 0.240. The highest BCUT2D eigenvalue weighted by Gasteiger charge is 2.19. The first kappa shape index (κ1) is 21.8. The molecule has 7 heteroatoms. The molecule has 0 amide bonds. The summed E-state index contributed by atoms with van der Waals surface area (Å²) in [4.78, 5) is 31.8. The molecule has 6 nitrogen and oxygen atoms in total. The molecule has 0 saturated heterocycles. The lowest BCUT2D eigenvalue weighted by Crippen LogP contribution is -2.24. The maximum atomic E-state index is 13.6. The number of rotatable bonds is 6. The number of ether oxygens (including phenoxy) is 2. The van der Waals surface area contributed by atoms with Gasteiger partial charge >= 0.3 is 5.97 Å². The zero-order valence-electron chi connectivity index (χ0n) is 18.5. The highest BCUT2D eigenvalue weighted by Crippen LogP contribution is 2.36. The Hall–Kier alpha value is -3.45. The Morgan fingerprint density at radius 2 is 1.75 bits per heavy atom. The second-order valence-corrected chi connectivity index (χ2v) is 8.61. The number of hydrogen-bond acceptors (Lipinski definition) is 6. The van der Waals surface area contributed by atoms with Gasteiger partial charge in [-0.2, -0.15) is 0 Å². The number of aryl methyl sites for hydroxylation is 2. The number of benzene rings is 2. The minimum Gasteiger partial charge on any atom is -0.494 e. The van der Waals surface area contributed by atoms with E-state index in [1.165, 1.54) is 18.4 Å². The van der Waals surface area contributed by atoms with Crippen molar-refractivity contribution in [3.63, 3.8) is 0 Å². The second kappa shape index (κ2) is 8.96. The molecule has 0 aliphatic heterocycles. The summed E-state index contributed by atoms with van der Waals surface area (Å²) in [6.07, 6.45) is 0. The Morgan fingerprint density at radius 1 is 1.06 bits per heavy atom. The predicted octanol–water partition coefficient (Wildman–Crippen LogP) is 4.98. The van der Waals surface area contributed by atoms with Gasteiger partial charge in [-0.3, -0.25) is 9.36 Å². The maximum absolute atomic E-state index is 13.6. The highest BCUT2D eigenvalue weighted by molar-refractivity contribution is 7.19. The minimum absolute atomic E-state index is 0.0715. The number of carbonyl (C=O) groups is 1. The Bertz CT molecular complexity index is 1340. The van der Waals surface area contributed by atoms with Crippen LogP contribution in [0, 0.1) is 13.8 Å². The van der Waals surface area contributed by atoms with Crippen molar-refractivity contribution in [2.45, 2.75) is 27.3 Å². The molecule has 164 valence electrons. The average Bonchev–Trinajstić information content (AvgIpc) is 3.13. The number of hydrogen-bond donors (Lipinski definition) is 0. The molecular weight excluding hydrogens is 424 g/mol. The lowest BCUT2D eigenvalue weighted by atomic mass is 10.0. The molecule has 2 heterocycles. The molecule has 32 heavy (non-hydrogen) atoms. The quantitative estimate of drug-likeness (QED) is 0.389. The third-order valence-electron chi connectivity index (χ3n) is 5.35. The van der Waals surface area contributed by atoms with E-state index >= 15 is 0 Å². The first-order valence-corrected chi connectivity index (χ1v) is 11.2. The van der Waals surface area contributed by atoms with Gasteiger partial charge in [0.25, 0.3) is 5.56 Å². The van der Waals surface area contributed by atoms with Crippen molar-refractivity contribution in [1.29, 1.82) is 0 Å². The van der Waals surface area contributed by atoms with E-state index in [0.717, 1.165) is 32.1 Å². The van der Waals surface area contributed by atoms with E-state index in [1.54, 1.807) is 16.7 Å². The summed E-state index contributed by atoms with van der Waals surface area (Å²) < 4.78 is 12.0. The molecule has 0 unspecified atom stereocenters. The topological polar surface area (TPSA) is 70.4 Å². The number of nitrogens with zero attached hydrogens (tertiary/aromatic N) is 2. The van der Waals surface area contributed by atoms with Gasteiger partial charge in [0, 0.05) is 10.4 Å².